The third-order valence-corrected chi connectivity index (χ3v) is 4.93. The molecule has 5 nitrogen and oxygen atoms in total. The molecular formula is C21H17FN2O3. The number of pyridine rings is 1. The van der Waals surface area contributed by atoms with Crippen LogP contribution < -0.4 is 0 Å². The summed E-state index contributed by atoms with van der Waals surface area (Å²) >= 11 is 0. The lowest BCUT2D eigenvalue weighted by atomic mass is 9.90. The van der Waals surface area contributed by atoms with Gasteiger partial charge in [-0.25, -0.2) is 9.37 Å². The highest BCUT2D eigenvalue weighted by molar-refractivity contribution is 5.95. The number of nitrogens with zero attached hydrogens (tertiary/aromatic N) is 2. The Kier molecular flexibility index (Phi) is 4.32. The number of hydrogen-bond donors (Lipinski definition) is 1. The number of amides is 1. The quantitative estimate of drug-likeness (QED) is 0.771. The van der Waals surface area contributed by atoms with Crippen LogP contribution in [0.25, 0.3) is 10.9 Å². The first-order valence-corrected chi connectivity index (χ1v) is 8.70. The summed E-state index contributed by atoms with van der Waals surface area (Å²) in [6, 6.07) is 14.8. The fraction of sp³-hybridized carbons (Fsp3) is 0.190. The molecule has 4 rings (SSSR count). The number of carbonyl (C=O) groups is 2. The van der Waals surface area contributed by atoms with E-state index >= 15 is 0 Å². The molecule has 1 aliphatic heterocycles. The molecule has 0 saturated carbocycles. The minimum absolute atomic E-state index is 0.113. The van der Waals surface area contributed by atoms with E-state index in [-0.39, 0.29) is 23.5 Å². The number of aromatic nitrogens is 1. The van der Waals surface area contributed by atoms with Crippen LogP contribution in [0.1, 0.15) is 34.1 Å². The van der Waals surface area contributed by atoms with Crippen LogP contribution in [0.4, 0.5) is 4.39 Å². The zero-order valence-electron chi connectivity index (χ0n) is 14.4. The maximum atomic E-state index is 14.1. The minimum Gasteiger partial charge on any atom is -0.481 e. The van der Waals surface area contributed by atoms with Gasteiger partial charge in [-0.15, -0.1) is 0 Å². The van der Waals surface area contributed by atoms with E-state index in [9.17, 15) is 19.1 Å². The lowest BCUT2D eigenvalue weighted by Crippen LogP contribution is -2.41. The van der Waals surface area contributed by atoms with E-state index < -0.39 is 17.8 Å². The van der Waals surface area contributed by atoms with Crippen LogP contribution in [0.2, 0.25) is 0 Å². The van der Waals surface area contributed by atoms with Gasteiger partial charge < -0.3 is 10.0 Å². The summed E-state index contributed by atoms with van der Waals surface area (Å²) in [6.45, 7) is 0.394. The molecule has 0 spiro atoms. The van der Waals surface area contributed by atoms with Crippen molar-refractivity contribution in [2.45, 2.75) is 18.9 Å². The number of carbonyl (C=O) groups excluding carboxylic acids is 1. The van der Waals surface area contributed by atoms with Crippen molar-refractivity contribution in [3.8, 4) is 0 Å². The molecule has 0 saturated heterocycles. The van der Waals surface area contributed by atoms with E-state index in [1.165, 1.54) is 11.0 Å². The number of para-hydroxylation sites is 1. The van der Waals surface area contributed by atoms with Crippen LogP contribution in [0, 0.1) is 5.82 Å². The summed E-state index contributed by atoms with van der Waals surface area (Å²) in [5.74, 6) is -1.86. The van der Waals surface area contributed by atoms with Crippen molar-refractivity contribution in [3.05, 3.63) is 77.2 Å². The van der Waals surface area contributed by atoms with Crippen LogP contribution in [-0.2, 0) is 11.2 Å². The number of fused-ring (bicyclic) bond motifs is 2. The predicted molar refractivity (Wildman–Crippen MR) is 97.9 cm³/mol. The third kappa shape index (κ3) is 3.14. The molecule has 0 aliphatic carbocycles. The topological polar surface area (TPSA) is 70.5 Å². The number of rotatable bonds is 3. The van der Waals surface area contributed by atoms with Crippen molar-refractivity contribution >= 4 is 22.8 Å². The van der Waals surface area contributed by atoms with Gasteiger partial charge in [-0.2, -0.15) is 0 Å². The first-order valence-electron chi connectivity index (χ1n) is 8.70. The lowest BCUT2D eigenvalue weighted by Gasteiger charge is -2.36. The summed E-state index contributed by atoms with van der Waals surface area (Å²) in [5.41, 5.74) is 2.13. The Bertz CT molecular complexity index is 1050. The fourth-order valence-corrected chi connectivity index (χ4v) is 3.66. The fourth-order valence-electron chi connectivity index (χ4n) is 3.66. The predicted octanol–water partition coefficient (Wildman–Crippen LogP) is 3.59. The molecule has 2 aromatic carbocycles. The minimum atomic E-state index is -0.980. The highest BCUT2D eigenvalue weighted by Crippen LogP contribution is 2.33. The molecule has 0 radical (unpaired) electrons. The second-order valence-corrected chi connectivity index (χ2v) is 6.57. The highest BCUT2D eigenvalue weighted by Gasteiger charge is 2.33. The van der Waals surface area contributed by atoms with Crippen molar-refractivity contribution in [2.24, 2.45) is 0 Å². The van der Waals surface area contributed by atoms with Gasteiger partial charge in [-0.05, 0) is 29.7 Å². The second kappa shape index (κ2) is 6.79. The maximum Gasteiger partial charge on any atom is 0.305 e. The van der Waals surface area contributed by atoms with E-state index in [0.29, 0.717) is 18.4 Å². The average Bonchev–Trinajstić information content (AvgIpc) is 2.67. The first-order chi connectivity index (χ1) is 13.0. The number of hydrogen-bond acceptors (Lipinski definition) is 3. The summed E-state index contributed by atoms with van der Waals surface area (Å²) in [5, 5.41) is 9.94. The normalized spacial score (nSPS) is 16.2. The van der Waals surface area contributed by atoms with Gasteiger partial charge in [-0.1, -0.05) is 42.5 Å². The van der Waals surface area contributed by atoms with Gasteiger partial charge >= 0.3 is 5.97 Å². The van der Waals surface area contributed by atoms with E-state index in [1.807, 2.05) is 24.3 Å². The van der Waals surface area contributed by atoms with E-state index in [0.717, 1.165) is 11.1 Å². The van der Waals surface area contributed by atoms with Crippen molar-refractivity contribution < 1.29 is 19.1 Å². The number of aliphatic carboxylic acids is 1. The standard InChI is InChI=1S/C21H17FN2O3/c22-16-7-3-5-14-8-9-17(23-20(14)16)21(27)24-11-10-13-4-1-2-6-15(13)18(24)12-19(25)26/h1-9,18H,10-12H2,(H,25,26). The Hall–Kier alpha value is -3.28. The molecule has 3 aromatic rings. The average molecular weight is 364 g/mol. The number of carboxylic acids is 1. The van der Waals surface area contributed by atoms with Gasteiger partial charge in [0.2, 0.25) is 0 Å². The lowest BCUT2D eigenvalue weighted by molar-refractivity contribution is -0.138. The molecule has 0 fully saturated rings. The number of halogens is 1. The largest absolute Gasteiger partial charge is 0.481 e. The van der Waals surface area contributed by atoms with Gasteiger partial charge in [0.25, 0.3) is 5.91 Å². The zero-order valence-corrected chi connectivity index (χ0v) is 14.4. The SMILES string of the molecule is O=C(O)CC1c2ccccc2CCN1C(=O)c1ccc2cccc(F)c2n1. The first kappa shape index (κ1) is 17.1. The van der Waals surface area contributed by atoms with Crippen LogP contribution in [-0.4, -0.2) is 33.4 Å². The molecule has 1 aromatic heterocycles. The summed E-state index contributed by atoms with van der Waals surface area (Å²) < 4.78 is 14.1. The highest BCUT2D eigenvalue weighted by atomic mass is 19.1. The molecule has 1 atom stereocenters. The number of benzene rings is 2. The van der Waals surface area contributed by atoms with Gasteiger partial charge in [0, 0.05) is 11.9 Å². The molecule has 1 unspecified atom stereocenters. The van der Waals surface area contributed by atoms with Crippen molar-refractivity contribution in [2.75, 3.05) is 6.54 Å². The van der Waals surface area contributed by atoms with Crippen LogP contribution >= 0.6 is 0 Å². The molecule has 27 heavy (non-hydrogen) atoms. The van der Waals surface area contributed by atoms with Crippen LogP contribution in [0.5, 0.6) is 0 Å². The molecule has 2 heterocycles. The van der Waals surface area contributed by atoms with Gasteiger partial charge in [0.15, 0.2) is 0 Å². The summed E-state index contributed by atoms with van der Waals surface area (Å²) in [6.07, 6.45) is 0.449. The Morgan fingerprint density at radius 3 is 2.74 bits per heavy atom. The smallest absolute Gasteiger partial charge is 0.305 e. The summed E-state index contributed by atoms with van der Waals surface area (Å²) in [7, 11) is 0. The van der Waals surface area contributed by atoms with Crippen LogP contribution in [0.3, 0.4) is 0 Å². The molecule has 1 aliphatic rings. The van der Waals surface area contributed by atoms with Crippen LogP contribution in [0.15, 0.2) is 54.6 Å². The molecule has 6 heteroatoms. The Morgan fingerprint density at radius 1 is 1.11 bits per heavy atom. The van der Waals surface area contributed by atoms with E-state index in [4.69, 9.17) is 0 Å². The number of carboxylic acid groups (broad SMARTS) is 1. The monoisotopic (exact) mass is 364 g/mol. The Labute approximate surface area is 155 Å². The molecule has 1 amide bonds. The second-order valence-electron chi connectivity index (χ2n) is 6.57. The zero-order chi connectivity index (χ0) is 19.0. The molecule has 1 N–H and O–H groups in total. The van der Waals surface area contributed by atoms with Gasteiger partial charge in [0.05, 0.1) is 12.5 Å². The molecule has 0 bridgehead atoms. The molecule has 136 valence electrons. The van der Waals surface area contributed by atoms with Crippen molar-refractivity contribution in [1.82, 2.24) is 9.88 Å². The van der Waals surface area contributed by atoms with Gasteiger partial charge in [0.1, 0.15) is 17.0 Å². The maximum absolute atomic E-state index is 14.1. The Morgan fingerprint density at radius 2 is 1.93 bits per heavy atom. The van der Waals surface area contributed by atoms with Gasteiger partial charge in [-0.3, -0.25) is 9.59 Å². The Balaban J connectivity index is 1.74. The van der Waals surface area contributed by atoms with E-state index in [1.54, 1.807) is 24.3 Å². The summed E-state index contributed by atoms with van der Waals surface area (Å²) in [4.78, 5) is 30.2. The van der Waals surface area contributed by atoms with E-state index in [2.05, 4.69) is 4.98 Å². The third-order valence-electron chi connectivity index (χ3n) is 4.93. The molecular weight excluding hydrogens is 347 g/mol. The van der Waals surface area contributed by atoms with Crippen molar-refractivity contribution in [3.63, 3.8) is 0 Å². The van der Waals surface area contributed by atoms with Crippen molar-refractivity contribution in [1.29, 1.82) is 0 Å².